The molecule has 0 aliphatic heterocycles. The molecule has 2 atom stereocenters. The molecule has 1 rings (SSSR count). The minimum Gasteiger partial charge on any atom is -0.481 e. The van der Waals surface area contributed by atoms with E-state index in [2.05, 4.69) is 22.9 Å². The largest absolute Gasteiger partial charge is 0.481 e. The predicted molar refractivity (Wildman–Crippen MR) is 82.2 cm³/mol. The van der Waals surface area contributed by atoms with Gasteiger partial charge in [0.05, 0.1) is 11.6 Å². The van der Waals surface area contributed by atoms with Crippen LogP contribution >= 0.6 is 15.9 Å². The van der Waals surface area contributed by atoms with Gasteiger partial charge in [-0.05, 0) is 46.0 Å². The second kappa shape index (κ2) is 7.62. The quantitative estimate of drug-likeness (QED) is 0.712. The molecule has 0 aliphatic carbocycles. The topological polar surface area (TPSA) is 63.3 Å². The van der Waals surface area contributed by atoms with Gasteiger partial charge in [-0.3, -0.25) is 4.79 Å². The highest BCUT2D eigenvalue weighted by molar-refractivity contribution is 9.10. The average Bonchev–Trinajstić information content (AvgIpc) is 2.38. The number of carboxylic acids is 1. The van der Waals surface area contributed by atoms with E-state index in [4.69, 9.17) is 5.73 Å². The molecule has 0 aromatic heterocycles. The number of hydrogen-bond acceptors (Lipinski definition) is 2. The molecule has 1 aromatic rings. The summed E-state index contributed by atoms with van der Waals surface area (Å²) in [6.45, 7) is 4.02. The van der Waals surface area contributed by atoms with Gasteiger partial charge >= 0.3 is 5.97 Å². The number of halogens is 2. The standard InChI is InChI=1S/C15H21BrFNO2/c1-3-5-6-9(4-2)13(15(19)20)11-7-10(17)8-12(16)14(11)18/h7-9,13H,3-6,18H2,1-2H3,(H,19,20). The molecule has 0 bridgehead atoms. The van der Waals surface area contributed by atoms with Gasteiger partial charge in [-0.15, -0.1) is 0 Å². The van der Waals surface area contributed by atoms with E-state index in [-0.39, 0.29) is 5.92 Å². The Hall–Kier alpha value is -1.10. The first-order chi connectivity index (χ1) is 9.42. The molecule has 112 valence electrons. The van der Waals surface area contributed by atoms with Crippen molar-refractivity contribution in [1.82, 2.24) is 0 Å². The number of nitrogen functional groups attached to an aromatic ring is 1. The Bertz CT molecular complexity index is 479. The number of aliphatic carboxylic acids is 1. The number of carbonyl (C=O) groups is 1. The van der Waals surface area contributed by atoms with Crippen LogP contribution in [0.1, 0.15) is 51.0 Å². The molecule has 0 heterocycles. The fraction of sp³-hybridized carbons (Fsp3) is 0.533. The summed E-state index contributed by atoms with van der Waals surface area (Å²) in [5.41, 5.74) is 6.62. The van der Waals surface area contributed by atoms with Gasteiger partial charge in [-0.25, -0.2) is 4.39 Å². The SMILES string of the molecule is CCCCC(CC)C(C(=O)O)c1cc(F)cc(Br)c1N. The van der Waals surface area contributed by atoms with E-state index < -0.39 is 17.7 Å². The lowest BCUT2D eigenvalue weighted by molar-refractivity contribution is -0.140. The Morgan fingerprint density at radius 2 is 2.10 bits per heavy atom. The van der Waals surface area contributed by atoms with E-state index in [0.717, 1.165) is 25.7 Å². The van der Waals surface area contributed by atoms with Crippen LogP contribution < -0.4 is 5.73 Å². The molecule has 3 N–H and O–H groups in total. The van der Waals surface area contributed by atoms with Crippen molar-refractivity contribution in [2.24, 2.45) is 5.92 Å². The first-order valence-corrected chi connectivity index (χ1v) is 7.68. The Morgan fingerprint density at radius 1 is 1.45 bits per heavy atom. The third-order valence-electron chi connectivity index (χ3n) is 3.65. The van der Waals surface area contributed by atoms with E-state index in [1.807, 2.05) is 6.92 Å². The van der Waals surface area contributed by atoms with Gasteiger partial charge in [-0.2, -0.15) is 0 Å². The van der Waals surface area contributed by atoms with Crippen LogP contribution in [0, 0.1) is 11.7 Å². The van der Waals surface area contributed by atoms with Crippen LogP contribution in [-0.4, -0.2) is 11.1 Å². The molecule has 2 unspecified atom stereocenters. The highest BCUT2D eigenvalue weighted by Gasteiger charge is 2.30. The molecule has 0 spiro atoms. The molecule has 3 nitrogen and oxygen atoms in total. The minimum absolute atomic E-state index is 0.0385. The molecular formula is C15H21BrFNO2. The Labute approximate surface area is 127 Å². The van der Waals surface area contributed by atoms with Crippen molar-refractivity contribution in [3.63, 3.8) is 0 Å². The molecule has 20 heavy (non-hydrogen) atoms. The Kier molecular flexibility index (Phi) is 6.46. The molecule has 5 heteroatoms. The lowest BCUT2D eigenvalue weighted by Crippen LogP contribution is -2.23. The maximum atomic E-state index is 13.6. The Morgan fingerprint density at radius 3 is 2.60 bits per heavy atom. The second-order valence-electron chi connectivity index (χ2n) is 5.02. The smallest absolute Gasteiger partial charge is 0.311 e. The van der Waals surface area contributed by atoms with Gasteiger partial charge in [0, 0.05) is 4.47 Å². The average molecular weight is 346 g/mol. The van der Waals surface area contributed by atoms with E-state index in [0.29, 0.717) is 15.7 Å². The van der Waals surface area contributed by atoms with E-state index in [9.17, 15) is 14.3 Å². The summed E-state index contributed by atoms with van der Waals surface area (Å²) in [6.07, 6.45) is 3.49. The molecule has 0 aliphatic rings. The van der Waals surface area contributed by atoms with Crippen molar-refractivity contribution in [3.05, 3.63) is 28.0 Å². The van der Waals surface area contributed by atoms with Crippen molar-refractivity contribution in [2.45, 2.75) is 45.4 Å². The molecule has 0 fully saturated rings. The molecular weight excluding hydrogens is 325 g/mol. The number of anilines is 1. The Balaban J connectivity index is 3.22. The van der Waals surface area contributed by atoms with Crippen molar-refractivity contribution in [2.75, 3.05) is 5.73 Å². The van der Waals surface area contributed by atoms with Gasteiger partial charge in [0.2, 0.25) is 0 Å². The summed E-state index contributed by atoms with van der Waals surface area (Å²) in [5, 5.41) is 9.54. The third-order valence-corrected chi connectivity index (χ3v) is 4.31. The van der Waals surface area contributed by atoms with Gasteiger partial charge in [-0.1, -0.05) is 33.1 Å². The van der Waals surface area contributed by atoms with Gasteiger partial charge in [0.15, 0.2) is 0 Å². The maximum Gasteiger partial charge on any atom is 0.311 e. The number of nitrogens with two attached hydrogens (primary N) is 1. The number of carboxylic acid groups (broad SMARTS) is 1. The molecule has 0 saturated carbocycles. The zero-order valence-corrected chi connectivity index (χ0v) is 13.4. The monoisotopic (exact) mass is 345 g/mol. The number of hydrogen-bond donors (Lipinski definition) is 2. The number of unbranched alkanes of at least 4 members (excludes halogenated alkanes) is 1. The van der Waals surface area contributed by atoms with Crippen LogP contribution in [-0.2, 0) is 4.79 Å². The van der Waals surface area contributed by atoms with Crippen LogP contribution in [0.25, 0.3) is 0 Å². The zero-order valence-electron chi connectivity index (χ0n) is 11.8. The van der Waals surface area contributed by atoms with Crippen molar-refractivity contribution < 1.29 is 14.3 Å². The summed E-state index contributed by atoms with van der Waals surface area (Å²) >= 11 is 3.18. The van der Waals surface area contributed by atoms with E-state index in [1.54, 1.807) is 0 Å². The predicted octanol–water partition coefficient (Wildman–Crippen LogP) is 4.56. The van der Waals surface area contributed by atoms with Crippen LogP contribution in [0.5, 0.6) is 0 Å². The zero-order chi connectivity index (χ0) is 15.3. The van der Waals surface area contributed by atoms with Crippen molar-refractivity contribution in [3.8, 4) is 0 Å². The summed E-state index contributed by atoms with van der Waals surface area (Å²) in [5.74, 6) is -2.23. The van der Waals surface area contributed by atoms with Crippen molar-refractivity contribution in [1.29, 1.82) is 0 Å². The normalized spacial score (nSPS) is 14.0. The second-order valence-corrected chi connectivity index (χ2v) is 5.87. The molecule has 0 amide bonds. The fourth-order valence-electron chi connectivity index (χ4n) is 2.52. The highest BCUT2D eigenvalue weighted by atomic mass is 79.9. The molecule has 1 aromatic carbocycles. The van der Waals surface area contributed by atoms with Crippen molar-refractivity contribution >= 4 is 27.6 Å². The van der Waals surface area contributed by atoms with E-state index in [1.165, 1.54) is 12.1 Å². The lowest BCUT2D eigenvalue weighted by atomic mass is 9.80. The van der Waals surface area contributed by atoms with Gasteiger partial charge in [0.25, 0.3) is 0 Å². The molecule has 0 saturated heterocycles. The summed E-state index contributed by atoms with van der Waals surface area (Å²) in [4.78, 5) is 11.6. The fourth-order valence-corrected chi connectivity index (χ4v) is 2.97. The van der Waals surface area contributed by atoms with Crippen LogP contribution in [0.4, 0.5) is 10.1 Å². The maximum absolute atomic E-state index is 13.6. The van der Waals surface area contributed by atoms with Gasteiger partial charge in [0.1, 0.15) is 5.82 Å². The summed E-state index contributed by atoms with van der Waals surface area (Å²) in [7, 11) is 0. The summed E-state index contributed by atoms with van der Waals surface area (Å²) < 4.78 is 14.0. The highest BCUT2D eigenvalue weighted by Crippen LogP contribution is 2.37. The summed E-state index contributed by atoms with van der Waals surface area (Å²) in [6, 6.07) is 2.50. The molecule has 0 radical (unpaired) electrons. The first kappa shape index (κ1) is 17.0. The van der Waals surface area contributed by atoms with Gasteiger partial charge < -0.3 is 10.8 Å². The number of benzene rings is 1. The third kappa shape index (κ3) is 3.95. The minimum atomic E-state index is -0.947. The van der Waals surface area contributed by atoms with E-state index >= 15 is 0 Å². The van der Waals surface area contributed by atoms with Crippen LogP contribution in [0.3, 0.4) is 0 Å². The first-order valence-electron chi connectivity index (χ1n) is 6.89. The lowest BCUT2D eigenvalue weighted by Gasteiger charge is -2.24. The van der Waals surface area contributed by atoms with Crippen LogP contribution in [0.15, 0.2) is 16.6 Å². The van der Waals surface area contributed by atoms with Crippen LogP contribution in [0.2, 0.25) is 0 Å². The number of rotatable bonds is 7.